The van der Waals surface area contributed by atoms with Crippen LogP contribution in [0, 0.1) is 6.92 Å². The van der Waals surface area contributed by atoms with Crippen molar-refractivity contribution in [1.29, 1.82) is 0 Å². The van der Waals surface area contributed by atoms with Gasteiger partial charge in [-0.2, -0.15) is 0 Å². The zero-order valence-electron chi connectivity index (χ0n) is 10.7. The van der Waals surface area contributed by atoms with Gasteiger partial charge in [-0.05, 0) is 43.5 Å². The summed E-state index contributed by atoms with van der Waals surface area (Å²) in [4.78, 5) is 4.34. The normalized spacial score (nSPS) is 17.2. The monoisotopic (exact) mass is 245 g/mol. The predicted molar refractivity (Wildman–Crippen MR) is 71.5 cm³/mol. The number of hydrogen-bond donors (Lipinski definition) is 2. The molecule has 0 atom stereocenters. The van der Waals surface area contributed by atoms with Gasteiger partial charge in [-0.1, -0.05) is 6.07 Å². The van der Waals surface area contributed by atoms with Crippen molar-refractivity contribution in [3.05, 3.63) is 29.7 Å². The molecule has 3 N–H and O–H groups in total. The number of nitrogens with zero attached hydrogens (tertiary/aromatic N) is 1. The standard InChI is InChI=1S/C14H19N3O/c1-10-17-12-8-11(2-3-13(12)18-10)4-7-16-9-14(15)5-6-14/h2-3,8,16H,4-7,9,15H2,1H3. The van der Waals surface area contributed by atoms with Crippen LogP contribution in [-0.4, -0.2) is 23.6 Å². The van der Waals surface area contributed by atoms with E-state index in [1.54, 1.807) is 0 Å². The summed E-state index contributed by atoms with van der Waals surface area (Å²) in [6.07, 6.45) is 3.31. The Kier molecular flexibility index (Phi) is 2.84. The van der Waals surface area contributed by atoms with Gasteiger partial charge in [0.05, 0.1) is 0 Å². The number of aryl methyl sites for hydroxylation is 1. The molecule has 96 valence electrons. The summed E-state index contributed by atoms with van der Waals surface area (Å²) >= 11 is 0. The summed E-state index contributed by atoms with van der Waals surface area (Å²) in [6.45, 7) is 3.76. The van der Waals surface area contributed by atoms with Gasteiger partial charge in [-0.25, -0.2) is 4.98 Å². The molecule has 1 saturated carbocycles. The third-order valence-corrected chi connectivity index (χ3v) is 3.52. The van der Waals surface area contributed by atoms with Crippen molar-refractivity contribution in [1.82, 2.24) is 10.3 Å². The summed E-state index contributed by atoms with van der Waals surface area (Å²) in [5.74, 6) is 0.721. The molecule has 0 saturated heterocycles. The van der Waals surface area contributed by atoms with Gasteiger partial charge in [0.15, 0.2) is 11.5 Å². The average Bonchev–Trinajstić information content (AvgIpc) is 2.94. The summed E-state index contributed by atoms with van der Waals surface area (Å²) in [5, 5.41) is 3.42. The molecule has 1 aromatic heterocycles. The van der Waals surface area contributed by atoms with Crippen molar-refractivity contribution in [2.24, 2.45) is 5.73 Å². The second-order valence-corrected chi connectivity index (χ2v) is 5.32. The molecule has 0 bridgehead atoms. The molecule has 18 heavy (non-hydrogen) atoms. The first-order valence-corrected chi connectivity index (χ1v) is 6.50. The highest BCUT2D eigenvalue weighted by atomic mass is 16.3. The van der Waals surface area contributed by atoms with E-state index in [0.717, 1.165) is 49.3 Å². The number of oxazole rings is 1. The molecule has 4 heteroatoms. The molecule has 0 unspecified atom stereocenters. The van der Waals surface area contributed by atoms with Crippen LogP contribution >= 0.6 is 0 Å². The highest BCUT2D eigenvalue weighted by Crippen LogP contribution is 2.30. The van der Waals surface area contributed by atoms with Crippen molar-refractivity contribution < 1.29 is 4.42 Å². The Hall–Kier alpha value is -1.39. The van der Waals surface area contributed by atoms with Crippen LogP contribution in [-0.2, 0) is 6.42 Å². The minimum absolute atomic E-state index is 0.0905. The van der Waals surface area contributed by atoms with E-state index in [1.807, 2.05) is 13.0 Å². The minimum atomic E-state index is 0.0905. The summed E-state index contributed by atoms with van der Waals surface area (Å²) < 4.78 is 5.46. The molecule has 1 fully saturated rings. The molecule has 4 nitrogen and oxygen atoms in total. The average molecular weight is 245 g/mol. The molecule has 0 amide bonds. The van der Waals surface area contributed by atoms with Crippen LogP contribution < -0.4 is 11.1 Å². The van der Waals surface area contributed by atoms with Crippen molar-refractivity contribution in [3.8, 4) is 0 Å². The first-order valence-electron chi connectivity index (χ1n) is 6.50. The van der Waals surface area contributed by atoms with E-state index in [4.69, 9.17) is 10.2 Å². The lowest BCUT2D eigenvalue weighted by atomic mass is 10.1. The van der Waals surface area contributed by atoms with E-state index in [0.29, 0.717) is 0 Å². The molecule has 1 aliphatic carbocycles. The summed E-state index contributed by atoms with van der Waals surface area (Å²) in [7, 11) is 0. The number of aromatic nitrogens is 1. The summed E-state index contributed by atoms with van der Waals surface area (Å²) in [6, 6.07) is 6.20. The molecule has 2 aromatic rings. The van der Waals surface area contributed by atoms with Crippen LogP contribution in [0.4, 0.5) is 0 Å². The fraction of sp³-hybridized carbons (Fsp3) is 0.500. The minimum Gasteiger partial charge on any atom is -0.441 e. The zero-order chi connectivity index (χ0) is 12.6. The van der Waals surface area contributed by atoms with Crippen LogP contribution in [0.3, 0.4) is 0 Å². The van der Waals surface area contributed by atoms with E-state index in [1.165, 1.54) is 5.56 Å². The molecule has 1 heterocycles. The largest absolute Gasteiger partial charge is 0.441 e. The Morgan fingerprint density at radius 3 is 3.06 bits per heavy atom. The highest BCUT2D eigenvalue weighted by molar-refractivity contribution is 5.73. The Labute approximate surface area is 107 Å². The van der Waals surface area contributed by atoms with Crippen LogP contribution in [0.1, 0.15) is 24.3 Å². The molecule has 0 spiro atoms. The van der Waals surface area contributed by atoms with Crippen LogP contribution in [0.2, 0.25) is 0 Å². The number of benzene rings is 1. The second-order valence-electron chi connectivity index (χ2n) is 5.32. The van der Waals surface area contributed by atoms with Gasteiger partial charge in [0, 0.05) is 19.0 Å². The lowest BCUT2D eigenvalue weighted by molar-refractivity contribution is 0.561. The number of rotatable bonds is 5. The quantitative estimate of drug-likeness (QED) is 0.788. The van der Waals surface area contributed by atoms with E-state index in [9.17, 15) is 0 Å². The Balaban J connectivity index is 1.56. The van der Waals surface area contributed by atoms with Gasteiger partial charge >= 0.3 is 0 Å². The third-order valence-electron chi connectivity index (χ3n) is 3.52. The predicted octanol–water partition coefficient (Wildman–Crippen LogP) is 1.76. The zero-order valence-corrected chi connectivity index (χ0v) is 10.7. The molecular weight excluding hydrogens is 226 g/mol. The molecular formula is C14H19N3O. The Bertz CT molecular complexity index is 557. The maximum Gasteiger partial charge on any atom is 0.192 e. The van der Waals surface area contributed by atoms with Gasteiger partial charge in [0.2, 0.25) is 0 Å². The number of fused-ring (bicyclic) bond motifs is 1. The Morgan fingerprint density at radius 2 is 2.28 bits per heavy atom. The number of hydrogen-bond acceptors (Lipinski definition) is 4. The molecule has 1 aliphatic rings. The van der Waals surface area contributed by atoms with Gasteiger partial charge in [-0.15, -0.1) is 0 Å². The van der Waals surface area contributed by atoms with Gasteiger partial charge in [-0.3, -0.25) is 0 Å². The van der Waals surface area contributed by atoms with Crippen molar-refractivity contribution in [3.63, 3.8) is 0 Å². The van der Waals surface area contributed by atoms with Crippen LogP contribution in [0.15, 0.2) is 22.6 Å². The number of nitrogens with one attached hydrogen (secondary N) is 1. The maximum atomic E-state index is 6.02. The first-order chi connectivity index (χ1) is 8.65. The van der Waals surface area contributed by atoms with E-state index >= 15 is 0 Å². The van der Waals surface area contributed by atoms with Gasteiger partial charge in [0.1, 0.15) is 5.52 Å². The number of nitrogens with two attached hydrogens (primary N) is 1. The van der Waals surface area contributed by atoms with E-state index in [-0.39, 0.29) is 5.54 Å². The van der Waals surface area contributed by atoms with Gasteiger partial charge in [0.25, 0.3) is 0 Å². The fourth-order valence-corrected chi connectivity index (χ4v) is 2.15. The van der Waals surface area contributed by atoms with Crippen molar-refractivity contribution in [2.45, 2.75) is 31.7 Å². The maximum absolute atomic E-state index is 6.02. The first kappa shape index (κ1) is 11.7. The Morgan fingerprint density at radius 1 is 1.44 bits per heavy atom. The third kappa shape index (κ3) is 2.54. The molecule has 3 rings (SSSR count). The van der Waals surface area contributed by atoms with Crippen molar-refractivity contribution in [2.75, 3.05) is 13.1 Å². The topological polar surface area (TPSA) is 64.1 Å². The second kappa shape index (κ2) is 4.37. The van der Waals surface area contributed by atoms with Crippen LogP contribution in [0.5, 0.6) is 0 Å². The van der Waals surface area contributed by atoms with E-state index < -0.39 is 0 Å². The lowest BCUT2D eigenvalue weighted by Gasteiger charge is -2.09. The van der Waals surface area contributed by atoms with Gasteiger partial charge < -0.3 is 15.5 Å². The SMILES string of the molecule is Cc1nc2cc(CCNCC3(N)CC3)ccc2o1. The molecule has 0 radical (unpaired) electrons. The lowest BCUT2D eigenvalue weighted by Crippen LogP contribution is -2.36. The summed E-state index contributed by atoms with van der Waals surface area (Å²) in [5.41, 5.74) is 9.20. The van der Waals surface area contributed by atoms with Crippen LogP contribution in [0.25, 0.3) is 11.1 Å². The fourth-order valence-electron chi connectivity index (χ4n) is 2.15. The molecule has 0 aliphatic heterocycles. The van der Waals surface area contributed by atoms with E-state index in [2.05, 4.69) is 22.4 Å². The van der Waals surface area contributed by atoms with Crippen molar-refractivity contribution >= 4 is 11.1 Å². The highest BCUT2D eigenvalue weighted by Gasteiger charge is 2.37. The molecule has 1 aromatic carbocycles. The smallest absolute Gasteiger partial charge is 0.192 e.